The lowest BCUT2D eigenvalue weighted by molar-refractivity contribution is -0.143. The van der Waals surface area contributed by atoms with Crippen molar-refractivity contribution >= 4 is 27.7 Å². The molecule has 6 nitrogen and oxygen atoms in total. The number of aryl methyl sites for hydroxylation is 2. The van der Waals surface area contributed by atoms with Gasteiger partial charge >= 0.3 is 0 Å². The Labute approximate surface area is 205 Å². The summed E-state index contributed by atoms with van der Waals surface area (Å²) in [5, 5.41) is 3.02. The average Bonchev–Trinajstić information content (AvgIpc) is 2.80. The van der Waals surface area contributed by atoms with Crippen molar-refractivity contribution in [2.75, 3.05) is 13.7 Å². The number of rotatable bonds is 11. The van der Waals surface area contributed by atoms with Gasteiger partial charge in [-0.2, -0.15) is 0 Å². The number of ether oxygens (including phenoxy) is 2. The zero-order chi connectivity index (χ0) is 24.5. The maximum Gasteiger partial charge on any atom is 0.261 e. The summed E-state index contributed by atoms with van der Waals surface area (Å²) in [4.78, 5) is 28.0. The van der Waals surface area contributed by atoms with E-state index in [9.17, 15) is 9.59 Å². The highest BCUT2D eigenvalue weighted by molar-refractivity contribution is 9.10. The number of methoxy groups -OCH3 is 1. The number of nitrogens with zero attached hydrogens (tertiary/aromatic N) is 1. The Bertz CT molecular complexity index is 940. The highest BCUT2D eigenvalue weighted by Gasteiger charge is 2.29. The monoisotopic (exact) mass is 518 g/mol. The smallest absolute Gasteiger partial charge is 0.261 e. The summed E-state index contributed by atoms with van der Waals surface area (Å²) in [6.07, 6.45) is 1.31. The van der Waals surface area contributed by atoms with Crippen LogP contribution < -0.4 is 14.8 Å². The van der Waals surface area contributed by atoms with Gasteiger partial charge in [-0.3, -0.25) is 9.59 Å². The maximum absolute atomic E-state index is 13.4. The topological polar surface area (TPSA) is 67.9 Å². The second kappa shape index (κ2) is 12.6. The summed E-state index contributed by atoms with van der Waals surface area (Å²) in [5.74, 6) is 0.926. The second-order valence-electron chi connectivity index (χ2n) is 8.27. The molecule has 0 saturated heterocycles. The molecule has 0 aliphatic heterocycles. The summed E-state index contributed by atoms with van der Waals surface area (Å²) in [7, 11) is 1.60. The molecule has 0 aromatic heterocycles. The van der Waals surface area contributed by atoms with E-state index in [1.54, 1.807) is 12.0 Å². The molecule has 0 heterocycles. The van der Waals surface area contributed by atoms with Crippen LogP contribution in [0, 0.1) is 13.8 Å². The summed E-state index contributed by atoms with van der Waals surface area (Å²) in [5.41, 5.74) is 2.95. The van der Waals surface area contributed by atoms with Crippen LogP contribution in [0.15, 0.2) is 40.9 Å². The molecule has 2 rings (SSSR count). The van der Waals surface area contributed by atoms with Crippen molar-refractivity contribution in [1.29, 1.82) is 0 Å². The molecule has 0 spiro atoms. The largest absolute Gasteiger partial charge is 0.497 e. The lowest BCUT2D eigenvalue weighted by atomic mass is 10.1. The first-order valence-electron chi connectivity index (χ1n) is 11.3. The van der Waals surface area contributed by atoms with Gasteiger partial charge in [0.25, 0.3) is 5.91 Å². The van der Waals surface area contributed by atoms with Crippen molar-refractivity contribution in [3.8, 4) is 11.5 Å². The van der Waals surface area contributed by atoms with E-state index in [0.717, 1.165) is 27.6 Å². The summed E-state index contributed by atoms with van der Waals surface area (Å²) in [6.45, 7) is 9.97. The molecule has 2 aromatic carbocycles. The molecule has 2 atom stereocenters. The van der Waals surface area contributed by atoms with Crippen LogP contribution >= 0.6 is 15.9 Å². The Morgan fingerprint density at radius 3 is 2.30 bits per heavy atom. The summed E-state index contributed by atoms with van der Waals surface area (Å²) >= 11 is 3.55. The van der Waals surface area contributed by atoms with Crippen molar-refractivity contribution in [2.45, 2.75) is 66.1 Å². The highest BCUT2D eigenvalue weighted by atomic mass is 79.9. The molecular formula is C26H35BrN2O4. The van der Waals surface area contributed by atoms with E-state index in [4.69, 9.17) is 9.47 Å². The van der Waals surface area contributed by atoms with Crippen LogP contribution in [0.25, 0.3) is 0 Å². The Balaban J connectivity index is 2.27. The molecule has 7 heteroatoms. The fourth-order valence-corrected chi connectivity index (χ4v) is 3.77. The van der Waals surface area contributed by atoms with Crippen molar-refractivity contribution < 1.29 is 19.1 Å². The number of halogens is 1. The number of benzene rings is 2. The molecule has 2 unspecified atom stereocenters. The Morgan fingerprint density at radius 2 is 1.73 bits per heavy atom. The molecule has 0 aliphatic carbocycles. The van der Waals surface area contributed by atoms with Gasteiger partial charge in [0, 0.05) is 17.1 Å². The fraction of sp³-hybridized carbons (Fsp3) is 0.462. The van der Waals surface area contributed by atoms with E-state index in [1.165, 1.54) is 0 Å². The number of amides is 2. The zero-order valence-electron chi connectivity index (χ0n) is 20.4. The predicted octanol–water partition coefficient (Wildman–Crippen LogP) is 5.18. The van der Waals surface area contributed by atoms with Crippen LogP contribution in [-0.2, 0) is 16.1 Å². The van der Waals surface area contributed by atoms with Gasteiger partial charge in [-0.15, -0.1) is 0 Å². The van der Waals surface area contributed by atoms with Crippen LogP contribution in [-0.4, -0.2) is 42.5 Å². The van der Waals surface area contributed by atoms with Gasteiger partial charge in [0.05, 0.1) is 7.11 Å². The van der Waals surface area contributed by atoms with Gasteiger partial charge in [0.15, 0.2) is 6.61 Å². The molecule has 2 aromatic rings. The third kappa shape index (κ3) is 7.49. The SMILES string of the molecule is CCC(C)NC(=O)C(CC)N(Cc1cccc(OC)c1)C(=O)COc1cc(C)c(Br)c(C)c1. The molecule has 0 fully saturated rings. The van der Waals surface area contributed by atoms with Crippen LogP contribution in [0.5, 0.6) is 11.5 Å². The minimum absolute atomic E-state index is 0.0327. The number of hydrogen-bond donors (Lipinski definition) is 1. The summed E-state index contributed by atoms with van der Waals surface area (Å²) < 4.78 is 12.2. The number of carbonyl (C=O) groups excluding carboxylic acids is 2. The lowest BCUT2D eigenvalue weighted by Crippen LogP contribution is -2.51. The predicted molar refractivity (Wildman–Crippen MR) is 135 cm³/mol. The first-order valence-corrected chi connectivity index (χ1v) is 12.1. The first kappa shape index (κ1) is 26.7. The standard InChI is InChI=1S/C26H35BrN2O4/c1-7-19(5)28-26(31)23(8-2)29(15-20-10-9-11-21(14-20)32-6)24(30)16-33-22-12-17(3)25(27)18(4)13-22/h9-14,19,23H,7-8,15-16H2,1-6H3,(H,28,31). The van der Waals surface area contributed by atoms with E-state index < -0.39 is 6.04 Å². The molecule has 180 valence electrons. The Kier molecular flexibility index (Phi) is 10.2. The van der Waals surface area contributed by atoms with Crippen LogP contribution in [0.2, 0.25) is 0 Å². The van der Waals surface area contributed by atoms with E-state index in [1.807, 2.05) is 71.0 Å². The van der Waals surface area contributed by atoms with E-state index in [0.29, 0.717) is 17.9 Å². The van der Waals surface area contributed by atoms with Crippen molar-refractivity contribution in [2.24, 2.45) is 0 Å². The third-order valence-corrected chi connectivity index (χ3v) is 6.90. The Hall–Kier alpha value is -2.54. The van der Waals surface area contributed by atoms with Crippen LogP contribution in [0.1, 0.15) is 50.3 Å². The second-order valence-corrected chi connectivity index (χ2v) is 9.07. The normalized spacial score (nSPS) is 12.6. The minimum Gasteiger partial charge on any atom is -0.497 e. The van der Waals surface area contributed by atoms with E-state index in [-0.39, 0.29) is 31.0 Å². The van der Waals surface area contributed by atoms with Crippen molar-refractivity contribution in [3.05, 3.63) is 57.6 Å². The van der Waals surface area contributed by atoms with Gasteiger partial charge in [0.1, 0.15) is 17.5 Å². The fourth-order valence-electron chi connectivity index (χ4n) is 3.55. The summed E-state index contributed by atoms with van der Waals surface area (Å²) in [6, 6.07) is 10.7. The van der Waals surface area contributed by atoms with Crippen molar-refractivity contribution in [1.82, 2.24) is 10.2 Å². The zero-order valence-corrected chi connectivity index (χ0v) is 22.0. The lowest BCUT2D eigenvalue weighted by Gasteiger charge is -2.31. The molecular weight excluding hydrogens is 484 g/mol. The molecule has 33 heavy (non-hydrogen) atoms. The van der Waals surface area contributed by atoms with Crippen LogP contribution in [0.4, 0.5) is 0 Å². The maximum atomic E-state index is 13.4. The van der Waals surface area contributed by atoms with Gasteiger partial charge < -0.3 is 19.7 Å². The number of hydrogen-bond acceptors (Lipinski definition) is 4. The van der Waals surface area contributed by atoms with Gasteiger partial charge in [-0.1, -0.05) is 41.9 Å². The van der Waals surface area contributed by atoms with Gasteiger partial charge in [-0.25, -0.2) is 0 Å². The van der Waals surface area contributed by atoms with E-state index in [2.05, 4.69) is 21.2 Å². The molecule has 0 saturated carbocycles. The van der Waals surface area contributed by atoms with E-state index >= 15 is 0 Å². The molecule has 0 radical (unpaired) electrons. The van der Waals surface area contributed by atoms with Gasteiger partial charge in [0.2, 0.25) is 5.91 Å². The first-order chi connectivity index (χ1) is 15.7. The molecule has 1 N–H and O–H groups in total. The Morgan fingerprint density at radius 1 is 1.06 bits per heavy atom. The molecule has 0 bridgehead atoms. The molecule has 0 aliphatic rings. The third-order valence-electron chi connectivity index (χ3n) is 5.65. The van der Waals surface area contributed by atoms with Crippen molar-refractivity contribution in [3.63, 3.8) is 0 Å². The average molecular weight is 519 g/mol. The van der Waals surface area contributed by atoms with Crippen LogP contribution in [0.3, 0.4) is 0 Å². The van der Waals surface area contributed by atoms with Gasteiger partial charge in [-0.05, 0) is 74.6 Å². The number of nitrogens with one attached hydrogen (secondary N) is 1. The number of carbonyl (C=O) groups is 2. The molecule has 2 amide bonds. The quantitative estimate of drug-likeness (QED) is 0.445. The minimum atomic E-state index is -0.602. The highest BCUT2D eigenvalue weighted by Crippen LogP contribution is 2.26.